The Morgan fingerprint density at radius 3 is 2.53 bits per heavy atom. The molecule has 1 atom stereocenters. The topological polar surface area (TPSA) is 119 Å². The van der Waals surface area contributed by atoms with Gasteiger partial charge in [-0.25, -0.2) is 0 Å². The van der Waals surface area contributed by atoms with Crippen molar-refractivity contribution >= 4 is 17.1 Å². The van der Waals surface area contributed by atoms with Crippen LogP contribution in [0.1, 0.15) is 19.8 Å². The Morgan fingerprint density at radius 1 is 1.32 bits per heavy atom. The lowest BCUT2D eigenvalue weighted by Crippen LogP contribution is -2.08. The second kappa shape index (κ2) is 6.64. The first-order chi connectivity index (χ1) is 8.91. The summed E-state index contributed by atoms with van der Waals surface area (Å²) in [6, 6.07) is 3.46. The second-order valence-corrected chi connectivity index (χ2v) is 4.13. The predicted octanol–water partition coefficient (Wildman–Crippen LogP) is 2.08. The Hall–Kier alpha value is -2.22. The Kier molecular flexibility index (Phi) is 5.19. The molecule has 0 saturated carbocycles. The number of rotatable bonds is 7. The maximum absolute atomic E-state index is 10.8. The summed E-state index contributed by atoms with van der Waals surface area (Å²) >= 11 is 0. The van der Waals surface area contributed by atoms with Gasteiger partial charge < -0.3 is 10.4 Å². The van der Waals surface area contributed by atoms with E-state index in [9.17, 15) is 20.2 Å². The van der Waals surface area contributed by atoms with Crippen LogP contribution in [0, 0.1) is 20.2 Å². The molecule has 1 aromatic carbocycles. The van der Waals surface area contributed by atoms with Crippen molar-refractivity contribution in [1.29, 1.82) is 0 Å². The van der Waals surface area contributed by atoms with Crippen molar-refractivity contribution in [2.45, 2.75) is 25.9 Å². The third kappa shape index (κ3) is 4.51. The Morgan fingerprint density at radius 2 is 2.00 bits per heavy atom. The molecule has 104 valence electrons. The van der Waals surface area contributed by atoms with Gasteiger partial charge in [0.1, 0.15) is 5.69 Å². The molecule has 0 radical (unpaired) electrons. The number of hydrogen-bond donors (Lipinski definition) is 2. The number of nitrogens with zero attached hydrogens (tertiary/aromatic N) is 2. The van der Waals surface area contributed by atoms with Gasteiger partial charge in [-0.2, -0.15) is 0 Å². The molecule has 0 amide bonds. The van der Waals surface area contributed by atoms with E-state index in [4.69, 9.17) is 5.11 Å². The van der Waals surface area contributed by atoms with Gasteiger partial charge in [0.25, 0.3) is 11.4 Å². The van der Waals surface area contributed by atoms with Crippen molar-refractivity contribution in [3.63, 3.8) is 0 Å². The third-order valence-electron chi connectivity index (χ3n) is 2.50. The lowest BCUT2D eigenvalue weighted by Gasteiger charge is -2.07. The fraction of sp³-hybridized carbons (Fsp3) is 0.455. The van der Waals surface area contributed by atoms with E-state index in [0.717, 1.165) is 6.07 Å². The SMILES string of the molecule is CC(O)CCCNc1ccc([N+](=O)[O-])cc1[N+](=O)[O-]. The summed E-state index contributed by atoms with van der Waals surface area (Å²) in [6.45, 7) is 2.11. The lowest BCUT2D eigenvalue weighted by molar-refractivity contribution is -0.393. The maximum atomic E-state index is 10.8. The average molecular weight is 269 g/mol. The molecule has 0 aromatic heterocycles. The van der Waals surface area contributed by atoms with E-state index < -0.39 is 16.0 Å². The van der Waals surface area contributed by atoms with Gasteiger partial charge in [-0.05, 0) is 25.8 Å². The van der Waals surface area contributed by atoms with Crippen LogP contribution in [-0.4, -0.2) is 27.6 Å². The van der Waals surface area contributed by atoms with Gasteiger partial charge in [-0.1, -0.05) is 0 Å². The van der Waals surface area contributed by atoms with Crippen LogP contribution in [0.5, 0.6) is 0 Å². The van der Waals surface area contributed by atoms with E-state index in [0.29, 0.717) is 19.4 Å². The lowest BCUT2D eigenvalue weighted by atomic mass is 10.2. The molecule has 1 unspecified atom stereocenters. The monoisotopic (exact) mass is 269 g/mol. The fourth-order valence-corrected chi connectivity index (χ4v) is 1.55. The highest BCUT2D eigenvalue weighted by Gasteiger charge is 2.18. The fourth-order valence-electron chi connectivity index (χ4n) is 1.55. The zero-order valence-electron chi connectivity index (χ0n) is 10.4. The van der Waals surface area contributed by atoms with Crippen molar-refractivity contribution in [2.24, 2.45) is 0 Å². The number of benzene rings is 1. The van der Waals surface area contributed by atoms with Gasteiger partial charge in [0.05, 0.1) is 22.0 Å². The minimum Gasteiger partial charge on any atom is -0.393 e. The van der Waals surface area contributed by atoms with E-state index in [1.165, 1.54) is 12.1 Å². The summed E-state index contributed by atoms with van der Waals surface area (Å²) in [5.41, 5.74) is -0.409. The van der Waals surface area contributed by atoms with E-state index in [2.05, 4.69) is 5.32 Å². The standard InChI is InChI=1S/C11H15N3O5/c1-8(15)3-2-6-12-10-5-4-9(13(16)17)7-11(10)14(18)19/h4-5,7-8,12,15H,2-3,6H2,1H3. The largest absolute Gasteiger partial charge is 0.393 e. The van der Waals surface area contributed by atoms with Crippen molar-refractivity contribution < 1.29 is 15.0 Å². The molecule has 19 heavy (non-hydrogen) atoms. The summed E-state index contributed by atoms with van der Waals surface area (Å²) in [4.78, 5) is 20.1. The van der Waals surface area contributed by atoms with Gasteiger partial charge in [-0.15, -0.1) is 0 Å². The first-order valence-electron chi connectivity index (χ1n) is 5.76. The zero-order chi connectivity index (χ0) is 14.4. The molecule has 0 aliphatic rings. The number of anilines is 1. The average Bonchev–Trinajstić information content (AvgIpc) is 2.34. The molecular weight excluding hydrogens is 254 g/mol. The summed E-state index contributed by atoms with van der Waals surface area (Å²) in [5.74, 6) is 0. The van der Waals surface area contributed by atoms with Gasteiger partial charge in [0.2, 0.25) is 0 Å². The molecule has 1 aromatic rings. The normalized spacial score (nSPS) is 11.9. The van der Waals surface area contributed by atoms with E-state index in [-0.39, 0.29) is 17.1 Å². The van der Waals surface area contributed by atoms with E-state index >= 15 is 0 Å². The molecule has 0 spiro atoms. The molecule has 8 heteroatoms. The molecule has 2 N–H and O–H groups in total. The maximum Gasteiger partial charge on any atom is 0.299 e. The molecule has 1 rings (SSSR count). The molecule has 0 aliphatic heterocycles. The predicted molar refractivity (Wildman–Crippen MR) is 69.2 cm³/mol. The smallest absolute Gasteiger partial charge is 0.299 e. The van der Waals surface area contributed by atoms with E-state index in [1.807, 2.05) is 0 Å². The summed E-state index contributed by atoms with van der Waals surface area (Å²) in [6.07, 6.45) is 0.799. The van der Waals surface area contributed by atoms with Crippen molar-refractivity contribution in [3.05, 3.63) is 38.4 Å². The molecule has 0 aliphatic carbocycles. The van der Waals surface area contributed by atoms with Crippen LogP contribution in [0.2, 0.25) is 0 Å². The van der Waals surface area contributed by atoms with Crippen molar-refractivity contribution in [1.82, 2.24) is 0 Å². The number of nitro benzene ring substituents is 2. The minimum atomic E-state index is -0.676. The number of hydrogen-bond acceptors (Lipinski definition) is 6. The number of nitrogens with one attached hydrogen (secondary N) is 1. The first kappa shape index (κ1) is 14.8. The van der Waals surface area contributed by atoms with Crippen LogP contribution in [0.4, 0.5) is 17.1 Å². The molecule has 8 nitrogen and oxygen atoms in total. The van der Waals surface area contributed by atoms with Gasteiger partial charge in [0, 0.05) is 12.6 Å². The van der Waals surface area contributed by atoms with Crippen LogP contribution >= 0.6 is 0 Å². The third-order valence-corrected chi connectivity index (χ3v) is 2.50. The molecule has 0 saturated heterocycles. The van der Waals surface area contributed by atoms with Crippen molar-refractivity contribution in [3.8, 4) is 0 Å². The number of nitro groups is 2. The summed E-state index contributed by atoms with van der Waals surface area (Å²) in [5, 5.41) is 33.3. The quantitative estimate of drug-likeness (QED) is 0.444. The van der Waals surface area contributed by atoms with Gasteiger partial charge in [0.15, 0.2) is 0 Å². The molecule has 0 heterocycles. The highest BCUT2D eigenvalue weighted by molar-refractivity contribution is 5.65. The molecular formula is C11H15N3O5. The Labute approximate surface area is 109 Å². The van der Waals surface area contributed by atoms with Crippen molar-refractivity contribution in [2.75, 3.05) is 11.9 Å². The Bertz CT molecular complexity index is 475. The number of aliphatic hydroxyl groups is 1. The second-order valence-electron chi connectivity index (χ2n) is 4.13. The van der Waals surface area contributed by atoms with Crippen LogP contribution in [0.25, 0.3) is 0 Å². The number of non-ortho nitro benzene ring substituents is 1. The Balaban J connectivity index is 2.77. The van der Waals surface area contributed by atoms with E-state index in [1.54, 1.807) is 6.92 Å². The van der Waals surface area contributed by atoms with Crippen LogP contribution < -0.4 is 5.32 Å². The number of aliphatic hydroxyl groups excluding tert-OH is 1. The van der Waals surface area contributed by atoms with Crippen LogP contribution in [-0.2, 0) is 0 Å². The molecule has 0 fully saturated rings. The van der Waals surface area contributed by atoms with Crippen LogP contribution in [0.3, 0.4) is 0 Å². The zero-order valence-corrected chi connectivity index (χ0v) is 10.4. The van der Waals surface area contributed by atoms with Gasteiger partial charge >= 0.3 is 0 Å². The van der Waals surface area contributed by atoms with Crippen LogP contribution in [0.15, 0.2) is 18.2 Å². The highest BCUT2D eigenvalue weighted by Crippen LogP contribution is 2.28. The molecule has 0 bridgehead atoms. The first-order valence-corrected chi connectivity index (χ1v) is 5.76. The highest BCUT2D eigenvalue weighted by atomic mass is 16.6. The van der Waals surface area contributed by atoms with Gasteiger partial charge in [-0.3, -0.25) is 20.2 Å². The summed E-state index contributed by atoms with van der Waals surface area (Å²) in [7, 11) is 0. The summed E-state index contributed by atoms with van der Waals surface area (Å²) < 4.78 is 0. The minimum absolute atomic E-state index is 0.237.